The number of rotatable bonds is 12. The molecular formula is C40H34Cl4F2N8O8S4. The maximum absolute atomic E-state index is 13.6. The Kier molecular flexibility index (Phi) is 15.5. The van der Waals surface area contributed by atoms with Crippen LogP contribution in [0.15, 0.2) is 93.3 Å². The number of aromatic nitrogens is 2. The molecule has 0 saturated carbocycles. The number of thiazole rings is 2. The van der Waals surface area contributed by atoms with Gasteiger partial charge in [-0.15, -0.1) is 22.7 Å². The van der Waals surface area contributed by atoms with Gasteiger partial charge in [0.2, 0.25) is 20.0 Å². The summed E-state index contributed by atoms with van der Waals surface area (Å²) in [6.45, 7) is 2.48. The van der Waals surface area contributed by atoms with Crippen LogP contribution in [0.4, 0.5) is 30.4 Å². The molecule has 4 aromatic carbocycles. The Morgan fingerprint density at radius 3 is 1.45 bits per heavy atom. The highest BCUT2D eigenvalue weighted by atomic mass is 35.5. The molecule has 16 nitrogen and oxygen atoms in total. The number of hydrogen-bond donors (Lipinski definition) is 0. The van der Waals surface area contributed by atoms with Crippen LogP contribution in [-0.2, 0) is 32.9 Å². The van der Waals surface area contributed by atoms with Crippen molar-refractivity contribution < 1.29 is 35.5 Å². The molecule has 0 N–H and O–H groups in total. The molecule has 0 spiro atoms. The van der Waals surface area contributed by atoms with Gasteiger partial charge >= 0.3 is 0 Å². The van der Waals surface area contributed by atoms with E-state index < -0.39 is 52.9 Å². The van der Waals surface area contributed by atoms with Gasteiger partial charge in [0.1, 0.15) is 21.7 Å². The molecule has 66 heavy (non-hydrogen) atoms. The van der Waals surface area contributed by atoms with Crippen LogP contribution >= 0.6 is 69.1 Å². The fourth-order valence-corrected chi connectivity index (χ4v) is 12.4. The van der Waals surface area contributed by atoms with E-state index in [1.807, 2.05) is 20.6 Å². The van der Waals surface area contributed by atoms with E-state index in [1.54, 1.807) is 18.2 Å². The summed E-state index contributed by atoms with van der Waals surface area (Å²) in [5.41, 5.74) is 2.22. The normalized spacial score (nSPS) is 15.1. The second-order valence-electron chi connectivity index (χ2n) is 14.6. The van der Waals surface area contributed by atoms with E-state index in [2.05, 4.69) is 9.97 Å². The summed E-state index contributed by atoms with van der Waals surface area (Å²) < 4.78 is 81.4. The lowest BCUT2D eigenvalue weighted by molar-refractivity contribution is -0.385. The van der Waals surface area contributed by atoms with Gasteiger partial charge in [0.25, 0.3) is 11.4 Å². The summed E-state index contributed by atoms with van der Waals surface area (Å²) in [6, 6.07) is 15.8. The molecule has 2 fully saturated rings. The highest BCUT2D eigenvalue weighted by molar-refractivity contribution is 7.89. The van der Waals surface area contributed by atoms with Gasteiger partial charge in [-0.05, 0) is 65.7 Å². The molecule has 348 valence electrons. The third-order valence-corrected chi connectivity index (χ3v) is 17.1. The lowest BCUT2D eigenvalue weighted by Gasteiger charge is -2.33. The zero-order valence-corrected chi connectivity index (χ0v) is 40.2. The fraction of sp³-hybridized carbons (Fsp3) is 0.250. The quantitative estimate of drug-likeness (QED) is 0.0835. The summed E-state index contributed by atoms with van der Waals surface area (Å²) in [5.74, 6) is -0.878. The monoisotopic (exact) mass is 1060 g/mol. The number of piperazine rings is 2. The van der Waals surface area contributed by atoms with Gasteiger partial charge in [-0.25, -0.2) is 35.6 Å². The number of benzene rings is 4. The molecule has 0 atom stereocenters. The third-order valence-electron chi connectivity index (χ3n) is 10.3. The van der Waals surface area contributed by atoms with Crippen LogP contribution in [0.1, 0.15) is 22.5 Å². The van der Waals surface area contributed by atoms with E-state index in [4.69, 9.17) is 46.4 Å². The van der Waals surface area contributed by atoms with Crippen molar-refractivity contribution in [1.29, 1.82) is 0 Å². The van der Waals surface area contributed by atoms with Gasteiger partial charge in [-0.2, -0.15) is 8.61 Å². The van der Waals surface area contributed by atoms with Crippen molar-refractivity contribution in [2.45, 2.75) is 22.6 Å². The first kappa shape index (κ1) is 49.3. The fourth-order valence-electron chi connectivity index (χ4n) is 6.95. The molecule has 4 heterocycles. The molecular weight excluding hydrogens is 1030 g/mol. The van der Waals surface area contributed by atoms with E-state index >= 15 is 0 Å². The minimum Gasteiger partial charge on any atom is -0.345 e. The Bertz CT molecular complexity index is 3000. The molecule has 2 aliphatic heterocycles. The maximum atomic E-state index is 13.6. The lowest BCUT2D eigenvalue weighted by Crippen LogP contribution is -2.48. The van der Waals surface area contributed by atoms with Gasteiger partial charge in [0.05, 0.1) is 36.0 Å². The Morgan fingerprint density at radius 2 is 1.03 bits per heavy atom. The molecule has 8 rings (SSSR count). The summed E-state index contributed by atoms with van der Waals surface area (Å²) in [4.78, 5) is 33.6. The van der Waals surface area contributed by atoms with Crippen LogP contribution in [0.25, 0.3) is 0 Å². The highest BCUT2D eigenvalue weighted by Gasteiger charge is 2.33. The average molecular weight is 1060 g/mol. The minimum absolute atomic E-state index is 0.0614. The molecule has 2 aromatic heterocycles. The van der Waals surface area contributed by atoms with Crippen LogP contribution in [0.3, 0.4) is 0 Å². The van der Waals surface area contributed by atoms with Crippen molar-refractivity contribution in [1.82, 2.24) is 18.6 Å². The van der Waals surface area contributed by atoms with Crippen molar-refractivity contribution in [2.75, 3.05) is 62.2 Å². The number of sulfonamides is 2. The Labute approximate surface area is 404 Å². The van der Waals surface area contributed by atoms with Crippen molar-refractivity contribution in [3.8, 4) is 0 Å². The van der Waals surface area contributed by atoms with Crippen LogP contribution in [-0.4, -0.2) is 97.6 Å². The second-order valence-corrected chi connectivity index (χ2v) is 21.9. The number of nitro groups is 2. The molecule has 0 aliphatic carbocycles. The summed E-state index contributed by atoms with van der Waals surface area (Å²) >= 11 is 26.2. The summed E-state index contributed by atoms with van der Waals surface area (Å²) in [7, 11) is -7.81. The zero-order chi connectivity index (χ0) is 47.5. The molecule has 2 saturated heterocycles. The SMILES string of the molecule is O=[N+]([O-])c1cc(S(=O)(=O)N2CCN(c3nc(Cc4cc(F)cc(Cl)c4)cs3)CC2)ccc1Cl.O=[N+]([O-])c1cc(S(=O)(=O)N2CCN(c3nc(Cc4ccc(F)c(Cl)c4)cs3)CC2)ccc1Cl. The number of hydrogen-bond acceptors (Lipinski definition) is 14. The summed E-state index contributed by atoms with van der Waals surface area (Å²) in [6.07, 6.45) is 0.928. The molecule has 0 amide bonds. The van der Waals surface area contributed by atoms with Crippen LogP contribution in [0, 0.1) is 31.9 Å². The van der Waals surface area contributed by atoms with Crippen LogP contribution < -0.4 is 9.80 Å². The molecule has 0 bridgehead atoms. The molecule has 0 radical (unpaired) electrons. The van der Waals surface area contributed by atoms with Crippen LogP contribution in [0.5, 0.6) is 0 Å². The first-order valence-corrected chi connectivity index (χ1v) is 25.6. The summed E-state index contributed by atoms with van der Waals surface area (Å²) in [5, 5.41) is 27.6. The number of anilines is 2. The first-order chi connectivity index (χ1) is 31.3. The zero-order valence-electron chi connectivity index (χ0n) is 33.9. The molecule has 26 heteroatoms. The van der Waals surface area contributed by atoms with Gasteiger partial charge < -0.3 is 9.80 Å². The largest absolute Gasteiger partial charge is 0.345 e. The van der Waals surface area contributed by atoms with E-state index in [0.717, 1.165) is 39.3 Å². The van der Waals surface area contributed by atoms with E-state index in [1.165, 1.54) is 73.7 Å². The first-order valence-electron chi connectivity index (χ1n) is 19.4. The van der Waals surface area contributed by atoms with Gasteiger partial charge in [-0.1, -0.05) is 52.5 Å². The number of halogens is 6. The van der Waals surface area contributed by atoms with Crippen LogP contribution in [0.2, 0.25) is 20.1 Å². The van der Waals surface area contributed by atoms with E-state index in [9.17, 15) is 45.8 Å². The van der Waals surface area contributed by atoms with Gasteiger partial charge in [0.15, 0.2) is 10.3 Å². The predicted molar refractivity (Wildman–Crippen MR) is 251 cm³/mol. The average Bonchev–Trinajstić information content (AvgIpc) is 3.95. The van der Waals surface area contributed by atoms with E-state index in [-0.39, 0.29) is 51.0 Å². The van der Waals surface area contributed by atoms with Crippen molar-refractivity contribution in [3.63, 3.8) is 0 Å². The van der Waals surface area contributed by atoms with Crippen molar-refractivity contribution in [2.24, 2.45) is 0 Å². The molecule has 6 aromatic rings. The van der Waals surface area contributed by atoms with E-state index in [0.29, 0.717) is 49.6 Å². The minimum atomic E-state index is -3.91. The topological polar surface area (TPSA) is 193 Å². The van der Waals surface area contributed by atoms with Crippen molar-refractivity contribution >= 4 is 111 Å². The second kappa shape index (κ2) is 20.7. The van der Waals surface area contributed by atoms with Crippen molar-refractivity contribution in [3.05, 3.63) is 158 Å². The maximum Gasteiger partial charge on any atom is 0.289 e. The van der Waals surface area contributed by atoms with Gasteiger partial charge in [-0.3, -0.25) is 20.2 Å². The highest BCUT2D eigenvalue weighted by Crippen LogP contribution is 2.32. The molecule has 0 unspecified atom stereocenters. The van der Waals surface area contributed by atoms with Gasteiger partial charge in [0, 0.05) is 93.1 Å². The lowest BCUT2D eigenvalue weighted by atomic mass is 10.1. The number of nitro benzene ring substituents is 2. The smallest absolute Gasteiger partial charge is 0.289 e. The predicted octanol–water partition coefficient (Wildman–Crippen LogP) is 9.20. The molecule has 2 aliphatic rings. The Balaban J connectivity index is 0.000000196. The Morgan fingerprint density at radius 1 is 0.576 bits per heavy atom. The Hall–Kier alpha value is -4.62. The number of nitrogens with zero attached hydrogens (tertiary/aromatic N) is 8. The standard InChI is InChI=1S/2C20H17Cl2FN4O4S2/c21-16-3-2-15(11-19(16)27(28)29)33(30,31)26-7-5-25(6-8-26)20-24-14(12-32-20)9-13-1-4-18(23)17(22)10-13;21-14-7-13(8-15(23)10-14)9-16-12-32-20(24-16)25-3-5-26(6-4-25)33(30,31)17-1-2-18(22)19(11-17)27(28)29/h1-4,10-12H,5-9H2;1-2,7-8,10-12H,3-6,9H2. The third kappa shape index (κ3) is 11.5.